The fourth-order valence-corrected chi connectivity index (χ4v) is 2.18. The molecule has 1 heterocycles. The third kappa shape index (κ3) is 3.18. The van der Waals surface area contributed by atoms with Gasteiger partial charge in [0.25, 0.3) is 10.1 Å². The van der Waals surface area contributed by atoms with E-state index >= 15 is 0 Å². The number of halogens is 1. The van der Waals surface area contributed by atoms with Crippen molar-refractivity contribution < 1.29 is 17.4 Å². The van der Waals surface area contributed by atoms with Gasteiger partial charge in [-0.05, 0) is 0 Å². The fraction of sp³-hybridized carbons (Fsp3) is 0.200. The van der Waals surface area contributed by atoms with Crippen LogP contribution in [0.3, 0.4) is 0 Å². The summed E-state index contributed by atoms with van der Waals surface area (Å²) in [5.41, 5.74) is 0. The Labute approximate surface area is 98.5 Å². The minimum atomic E-state index is -4.35. The van der Waals surface area contributed by atoms with E-state index < -0.39 is 27.1 Å². The van der Waals surface area contributed by atoms with E-state index in [0.29, 0.717) is 0 Å². The Hall–Kier alpha value is -1.60. The van der Waals surface area contributed by atoms with Crippen molar-refractivity contribution in [2.24, 2.45) is 0 Å². The van der Waals surface area contributed by atoms with E-state index in [2.05, 4.69) is 23.1 Å². The van der Waals surface area contributed by atoms with Crippen LogP contribution in [0.5, 0.6) is 0 Å². The maximum atomic E-state index is 12.6. The summed E-state index contributed by atoms with van der Waals surface area (Å²) >= 11 is 0. The fourth-order valence-electron chi connectivity index (χ4n) is 1.33. The van der Waals surface area contributed by atoms with Gasteiger partial charge in [-0.2, -0.15) is 8.42 Å². The molecule has 0 aromatic carbocycles. The predicted octanol–water partition coefficient (Wildman–Crippen LogP) is 1.33. The summed E-state index contributed by atoms with van der Waals surface area (Å²) < 4.78 is 43.9. The average Bonchev–Trinajstić information content (AvgIpc) is 2.25. The molecule has 17 heavy (non-hydrogen) atoms. The summed E-state index contributed by atoms with van der Waals surface area (Å²) in [6.45, 7) is 6.77. The summed E-state index contributed by atoms with van der Waals surface area (Å²) in [6, 6.07) is 0. The summed E-state index contributed by atoms with van der Waals surface area (Å²) in [4.78, 5) is 7.30. The number of aromatic nitrogens is 2. The predicted molar refractivity (Wildman–Crippen MR) is 60.5 cm³/mol. The van der Waals surface area contributed by atoms with Crippen LogP contribution in [-0.4, -0.2) is 28.2 Å². The maximum absolute atomic E-state index is 12.6. The molecule has 0 saturated carbocycles. The Kier molecular flexibility index (Phi) is 4.08. The molecule has 1 aromatic heterocycles. The topological polar surface area (TPSA) is 80.2 Å². The largest absolute Gasteiger partial charge is 0.285 e. The highest BCUT2D eigenvalue weighted by Crippen LogP contribution is 2.23. The van der Waals surface area contributed by atoms with Gasteiger partial charge in [-0.1, -0.05) is 12.2 Å². The van der Waals surface area contributed by atoms with Crippen LogP contribution < -0.4 is 0 Å². The second kappa shape index (κ2) is 5.15. The smallest absolute Gasteiger partial charge is 0.272 e. The zero-order chi connectivity index (χ0) is 13.1. The van der Waals surface area contributed by atoms with Gasteiger partial charge in [-0.3, -0.25) is 4.55 Å². The van der Waals surface area contributed by atoms with Gasteiger partial charge in [-0.25, -0.2) is 14.4 Å². The molecule has 1 aromatic rings. The summed E-state index contributed by atoms with van der Waals surface area (Å²) in [6.07, 6.45) is 4.12. The lowest BCUT2D eigenvalue weighted by Crippen LogP contribution is -2.26. The molecule has 0 saturated heterocycles. The summed E-state index contributed by atoms with van der Waals surface area (Å²) in [5, 5.41) is -1.31. The van der Waals surface area contributed by atoms with Gasteiger partial charge in [0, 0.05) is 0 Å². The number of rotatable bonds is 5. The van der Waals surface area contributed by atoms with Crippen molar-refractivity contribution in [1.29, 1.82) is 0 Å². The first kappa shape index (κ1) is 13.5. The molecular formula is C10H11FN2O3S. The quantitative estimate of drug-likeness (QED) is 0.636. The van der Waals surface area contributed by atoms with Crippen LogP contribution >= 0.6 is 0 Å². The Morgan fingerprint density at radius 2 is 1.82 bits per heavy atom. The van der Waals surface area contributed by atoms with Crippen LogP contribution in [0.25, 0.3) is 0 Å². The third-order valence-electron chi connectivity index (χ3n) is 2.12. The summed E-state index contributed by atoms with van der Waals surface area (Å²) in [5.74, 6) is -1.48. The lowest BCUT2D eigenvalue weighted by Gasteiger charge is -2.16. The Morgan fingerprint density at radius 1 is 1.29 bits per heavy atom. The lowest BCUT2D eigenvalue weighted by atomic mass is 10.0. The SMILES string of the molecule is C=C[C@H]([C@@H](C=C)c1ncc(F)cn1)S(=O)(=O)O. The monoisotopic (exact) mass is 258 g/mol. The number of hydrogen-bond donors (Lipinski definition) is 1. The van der Waals surface area contributed by atoms with Crippen LogP contribution in [0.15, 0.2) is 37.7 Å². The highest BCUT2D eigenvalue weighted by molar-refractivity contribution is 7.86. The molecule has 0 aliphatic heterocycles. The van der Waals surface area contributed by atoms with E-state index in [9.17, 15) is 12.8 Å². The van der Waals surface area contributed by atoms with E-state index in [1.165, 1.54) is 6.08 Å². The molecular weight excluding hydrogens is 247 g/mol. The Morgan fingerprint density at radius 3 is 2.18 bits per heavy atom. The van der Waals surface area contributed by atoms with Crippen molar-refractivity contribution in [3.63, 3.8) is 0 Å². The van der Waals surface area contributed by atoms with Crippen molar-refractivity contribution in [3.05, 3.63) is 49.3 Å². The Balaban J connectivity index is 3.19. The molecule has 0 fully saturated rings. The molecule has 0 unspecified atom stereocenters. The van der Waals surface area contributed by atoms with E-state index in [1.807, 2.05) is 0 Å². The first-order valence-electron chi connectivity index (χ1n) is 4.59. The minimum absolute atomic E-state index is 0.0453. The molecule has 0 amide bonds. The molecule has 5 nitrogen and oxygen atoms in total. The van der Waals surface area contributed by atoms with Gasteiger partial charge < -0.3 is 0 Å². The molecule has 0 aliphatic rings. The zero-order valence-electron chi connectivity index (χ0n) is 8.82. The first-order chi connectivity index (χ1) is 7.90. The molecule has 0 radical (unpaired) electrons. The van der Waals surface area contributed by atoms with E-state index in [4.69, 9.17) is 4.55 Å². The maximum Gasteiger partial charge on any atom is 0.272 e. The molecule has 7 heteroatoms. The highest BCUT2D eigenvalue weighted by atomic mass is 32.2. The average molecular weight is 258 g/mol. The third-order valence-corrected chi connectivity index (χ3v) is 3.30. The van der Waals surface area contributed by atoms with Crippen LogP contribution in [0.4, 0.5) is 4.39 Å². The van der Waals surface area contributed by atoms with Gasteiger partial charge in [0.15, 0.2) is 5.82 Å². The highest BCUT2D eigenvalue weighted by Gasteiger charge is 2.30. The van der Waals surface area contributed by atoms with Crippen molar-refractivity contribution in [2.75, 3.05) is 0 Å². The Bertz CT molecular complexity index is 513. The van der Waals surface area contributed by atoms with Crippen molar-refractivity contribution in [3.8, 4) is 0 Å². The van der Waals surface area contributed by atoms with Gasteiger partial charge in [-0.15, -0.1) is 13.2 Å². The molecule has 92 valence electrons. The van der Waals surface area contributed by atoms with Crippen molar-refractivity contribution in [1.82, 2.24) is 9.97 Å². The minimum Gasteiger partial charge on any atom is -0.285 e. The van der Waals surface area contributed by atoms with Gasteiger partial charge >= 0.3 is 0 Å². The van der Waals surface area contributed by atoms with Gasteiger partial charge in [0.1, 0.15) is 11.1 Å². The van der Waals surface area contributed by atoms with Crippen molar-refractivity contribution >= 4 is 10.1 Å². The van der Waals surface area contributed by atoms with E-state index in [1.54, 1.807) is 0 Å². The lowest BCUT2D eigenvalue weighted by molar-refractivity contribution is 0.469. The molecule has 1 rings (SSSR count). The molecule has 0 aliphatic carbocycles. The van der Waals surface area contributed by atoms with E-state index in [-0.39, 0.29) is 5.82 Å². The van der Waals surface area contributed by atoms with Crippen LogP contribution in [0.1, 0.15) is 11.7 Å². The molecule has 1 N–H and O–H groups in total. The molecule has 0 bridgehead atoms. The number of hydrogen-bond acceptors (Lipinski definition) is 4. The first-order valence-corrected chi connectivity index (χ1v) is 6.09. The van der Waals surface area contributed by atoms with Crippen LogP contribution in [0, 0.1) is 5.82 Å². The standard InChI is InChI=1S/C10H11FN2O3S/c1-3-8(9(4-2)17(14,15)16)10-12-5-7(11)6-13-10/h3-6,8-9H,1-2H2,(H,14,15,16)/t8-,9-/m1/s1. The van der Waals surface area contributed by atoms with Gasteiger partial charge in [0.05, 0.1) is 18.3 Å². The zero-order valence-corrected chi connectivity index (χ0v) is 9.64. The second-order valence-corrected chi connectivity index (χ2v) is 4.81. The van der Waals surface area contributed by atoms with Crippen molar-refractivity contribution in [2.45, 2.75) is 11.2 Å². The van der Waals surface area contributed by atoms with Crippen LogP contribution in [-0.2, 0) is 10.1 Å². The normalized spacial score (nSPS) is 14.9. The summed E-state index contributed by atoms with van der Waals surface area (Å²) in [7, 11) is -4.35. The second-order valence-electron chi connectivity index (χ2n) is 3.24. The van der Waals surface area contributed by atoms with E-state index in [0.717, 1.165) is 18.5 Å². The number of allylic oxidation sites excluding steroid dienone is 1. The molecule has 0 spiro atoms. The van der Waals surface area contributed by atoms with Gasteiger partial charge in [0.2, 0.25) is 0 Å². The number of nitrogens with zero attached hydrogens (tertiary/aromatic N) is 2. The van der Waals surface area contributed by atoms with Crippen LogP contribution in [0.2, 0.25) is 0 Å². The molecule has 2 atom stereocenters.